The average molecular weight is 331 g/mol. The van der Waals surface area contributed by atoms with Crippen molar-refractivity contribution >= 4 is 21.6 Å². The van der Waals surface area contributed by atoms with Gasteiger partial charge < -0.3 is 5.32 Å². The summed E-state index contributed by atoms with van der Waals surface area (Å²) in [6, 6.07) is 4.85. The second-order valence-corrected chi connectivity index (χ2v) is 7.69. The summed E-state index contributed by atoms with van der Waals surface area (Å²) < 4.78 is 27.2. The van der Waals surface area contributed by atoms with Crippen LogP contribution in [0, 0.1) is 5.92 Å². The first-order valence-electron chi connectivity index (χ1n) is 7.51. The summed E-state index contributed by atoms with van der Waals surface area (Å²) in [5, 5.41) is 3.74. The van der Waals surface area contributed by atoms with E-state index in [2.05, 4.69) is 10.0 Å². The van der Waals surface area contributed by atoms with Gasteiger partial charge in [-0.25, -0.2) is 13.1 Å². The zero-order chi connectivity index (χ0) is 15.3. The number of hydrogen-bond acceptors (Lipinski definition) is 3. The minimum absolute atomic E-state index is 0.284. The standard InChI is InChI=1S/C15H23ClN2O2S/c1-2-17-11-13-10-14(7-8-15(13)16)21(19,20)18-9-3-4-12-5-6-12/h7-8,10,12,17-18H,2-6,9,11H2,1H3. The molecular formula is C15H23ClN2O2S. The molecule has 0 aromatic heterocycles. The lowest BCUT2D eigenvalue weighted by Gasteiger charge is -2.10. The fourth-order valence-electron chi connectivity index (χ4n) is 2.20. The van der Waals surface area contributed by atoms with Crippen LogP contribution in [0.3, 0.4) is 0 Å². The van der Waals surface area contributed by atoms with Crippen molar-refractivity contribution in [3.8, 4) is 0 Å². The number of benzene rings is 1. The van der Waals surface area contributed by atoms with E-state index in [-0.39, 0.29) is 4.90 Å². The molecule has 2 N–H and O–H groups in total. The van der Waals surface area contributed by atoms with Crippen LogP contribution in [0.2, 0.25) is 5.02 Å². The molecule has 0 amide bonds. The highest BCUT2D eigenvalue weighted by atomic mass is 35.5. The Morgan fingerprint density at radius 3 is 2.76 bits per heavy atom. The van der Waals surface area contributed by atoms with E-state index in [1.807, 2.05) is 6.92 Å². The predicted octanol–water partition coefficient (Wildman–Crippen LogP) is 2.92. The zero-order valence-corrected chi connectivity index (χ0v) is 13.9. The summed E-state index contributed by atoms with van der Waals surface area (Å²) >= 11 is 6.10. The lowest BCUT2D eigenvalue weighted by molar-refractivity contribution is 0.572. The molecule has 0 bridgehead atoms. The first kappa shape index (κ1) is 16.7. The van der Waals surface area contributed by atoms with E-state index >= 15 is 0 Å². The Bertz CT molecular complexity index is 571. The van der Waals surface area contributed by atoms with Crippen LogP contribution in [0.15, 0.2) is 23.1 Å². The number of halogens is 1. The number of hydrogen-bond donors (Lipinski definition) is 2. The topological polar surface area (TPSA) is 58.2 Å². The molecule has 6 heteroatoms. The molecule has 0 saturated heterocycles. The van der Waals surface area contributed by atoms with E-state index in [0.29, 0.717) is 18.1 Å². The van der Waals surface area contributed by atoms with Gasteiger partial charge in [-0.15, -0.1) is 0 Å². The van der Waals surface area contributed by atoms with Crippen molar-refractivity contribution in [2.45, 2.75) is 44.0 Å². The molecule has 1 aromatic rings. The Labute approximate surface area is 132 Å². The molecule has 0 aliphatic heterocycles. The van der Waals surface area contributed by atoms with Gasteiger partial charge in [-0.2, -0.15) is 0 Å². The van der Waals surface area contributed by atoms with Crippen molar-refractivity contribution in [1.82, 2.24) is 10.0 Å². The van der Waals surface area contributed by atoms with Gasteiger partial charge in [0.2, 0.25) is 10.0 Å². The number of nitrogens with one attached hydrogen (secondary N) is 2. The Kier molecular flexibility index (Phi) is 6.05. The van der Waals surface area contributed by atoms with Gasteiger partial charge in [-0.3, -0.25) is 0 Å². The van der Waals surface area contributed by atoms with Crippen LogP contribution in [-0.2, 0) is 16.6 Å². The molecule has 0 spiro atoms. The first-order valence-corrected chi connectivity index (χ1v) is 9.38. The highest BCUT2D eigenvalue weighted by molar-refractivity contribution is 7.89. The van der Waals surface area contributed by atoms with E-state index < -0.39 is 10.0 Å². The van der Waals surface area contributed by atoms with Crippen LogP contribution < -0.4 is 10.0 Å². The Hall–Kier alpha value is -0.620. The van der Waals surface area contributed by atoms with Gasteiger partial charge in [-0.1, -0.05) is 31.4 Å². The van der Waals surface area contributed by atoms with Gasteiger partial charge in [0, 0.05) is 18.1 Å². The minimum atomic E-state index is -3.44. The van der Waals surface area contributed by atoms with E-state index in [4.69, 9.17) is 11.6 Å². The van der Waals surface area contributed by atoms with Crippen LogP contribution >= 0.6 is 11.6 Å². The summed E-state index contributed by atoms with van der Waals surface area (Å²) in [5.74, 6) is 0.830. The smallest absolute Gasteiger partial charge is 0.240 e. The Balaban J connectivity index is 1.96. The number of rotatable bonds is 9. The maximum atomic E-state index is 12.3. The molecule has 1 aliphatic rings. The van der Waals surface area contributed by atoms with Crippen molar-refractivity contribution in [1.29, 1.82) is 0 Å². The highest BCUT2D eigenvalue weighted by Crippen LogP contribution is 2.33. The van der Waals surface area contributed by atoms with Crippen LogP contribution in [0.1, 0.15) is 38.2 Å². The SMILES string of the molecule is CCNCc1cc(S(=O)(=O)NCCCC2CC2)ccc1Cl. The second kappa shape index (κ2) is 7.58. The molecule has 4 nitrogen and oxygen atoms in total. The monoisotopic (exact) mass is 330 g/mol. The van der Waals surface area contributed by atoms with Gasteiger partial charge in [0.15, 0.2) is 0 Å². The first-order chi connectivity index (χ1) is 10.0. The van der Waals surface area contributed by atoms with Crippen molar-refractivity contribution in [2.75, 3.05) is 13.1 Å². The molecule has 21 heavy (non-hydrogen) atoms. The second-order valence-electron chi connectivity index (χ2n) is 5.52. The molecule has 0 atom stereocenters. The fourth-order valence-corrected chi connectivity index (χ4v) is 3.51. The third-order valence-electron chi connectivity index (χ3n) is 3.67. The Morgan fingerprint density at radius 1 is 1.33 bits per heavy atom. The molecule has 1 aromatic carbocycles. The van der Waals surface area contributed by atoms with E-state index in [0.717, 1.165) is 30.9 Å². The molecule has 1 aliphatic carbocycles. The Morgan fingerprint density at radius 2 is 2.10 bits per heavy atom. The molecule has 2 rings (SSSR count). The minimum Gasteiger partial charge on any atom is -0.313 e. The van der Waals surface area contributed by atoms with Gasteiger partial charge in [0.05, 0.1) is 4.90 Å². The van der Waals surface area contributed by atoms with Gasteiger partial charge >= 0.3 is 0 Å². The van der Waals surface area contributed by atoms with E-state index in [1.54, 1.807) is 18.2 Å². The molecule has 1 fully saturated rings. The quantitative estimate of drug-likeness (QED) is 0.684. The third kappa shape index (κ3) is 5.25. The van der Waals surface area contributed by atoms with Crippen molar-refractivity contribution in [3.05, 3.63) is 28.8 Å². The summed E-state index contributed by atoms with van der Waals surface area (Å²) in [4.78, 5) is 0.284. The highest BCUT2D eigenvalue weighted by Gasteiger charge is 2.21. The molecular weight excluding hydrogens is 308 g/mol. The fraction of sp³-hybridized carbons (Fsp3) is 0.600. The maximum Gasteiger partial charge on any atom is 0.240 e. The van der Waals surface area contributed by atoms with Gasteiger partial charge in [0.1, 0.15) is 0 Å². The van der Waals surface area contributed by atoms with Crippen molar-refractivity contribution < 1.29 is 8.42 Å². The normalized spacial score (nSPS) is 15.3. The van der Waals surface area contributed by atoms with Gasteiger partial charge in [0.25, 0.3) is 0 Å². The number of sulfonamides is 1. The largest absolute Gasteiger partial charge is 0.313 e. The molecule has 1 saturated carbocycles. The van der Waals surface area contributed by atoms with Crippen LogP contribution in [0.5, 0.6) is 0 Å². The lowest BCUT2D eigenvalue weighted by Crippen LogP contribution is -2.25. The summed E-state index contributed by atoms with van der Waals surface area (Å²) in [6.45, 7) is 3.88. The van der Waals surface area contributed by atoms with E-state index in [9.17, 15) is 8.42 Å². The van der Waals surface area contributed by atoms with Gasteiger partial charge in [-0.05, 0) is 49.1 Å². The van der Waals surface area contributed by atoms with Crippen LogP contribution in [-0.4, -0.2) is 21.5 Å². The molecule has 118 valence electrons. The van der Waals surface area contributed by atoms with Crippen molar-refractivity contribution in [2.24, 2.45) is 5.92 Å². The predicted molar refractivity (Wildman–Crippen MR) is 86.0 cm³/mol. The zero-order valence-electron chi connectivity index (χ0n) is 12.4. The summed E-state index contributed by atoms with van der Waals surface area (Å²) in [6.07, 6.45) is 4.63. The molecule has 0 unspecified atom stereocenters. The summed E-state index contributed by atoms with van der Waals surface area (Å²) in [5.41, 5.74) is 0.805. The molecule has 0 radical (unpaired) electrons. The van der Waals surface area contributed by atoms with E-state index in [1.165, 1.54) is 12.8 Å². The lowest BCUT2D eigenvalue weighted by atomic mass is 10.2. The average Bonchev–Trinajstić information content (AvgIpc) is 3.27. The summed E-state index contributed by atoms with van der Waals surface area (Å²) in [7, 11) is -3.44. The maximum absolute atomic E-state index is 12.3. The third-order valence-corrected chi connectivity index (χ3v) is 5.50. The van der Waals surface area contributed by atoms with Crippen LogP contribution in [0.25, 0.3) is 0 Å². The van der Waals surface area contributed by atoms with Crippen LogP contribution in [0.4, 0.5) is 0 Å². The molecule has 0 heterocycles. The van der Waals surface area contributed by atoms with Crippen molar-refractivity contribution in [3.63, 3.8) is 0 Å².